The zero-order chi connectivity index (χ0) is 29.6. The Balaban J connectivity index is 2.13. The molecule has 2 saturated carbocycles. The lowest BCUT2D eigenvalue weighted by Gasteiger charge is -2.71. The van der Waals surface area contributed by atoms with E-state index < -0.39 is 87.5 Å². The van der Waals surface area contributed by atoms with Gasteiger partial charge in [0.1, 0.15) is 23.6 Å². The molecule has 214 valence electrons. The Labute approximate surface area is 228 Å². The fourth-order valence-corrected chi connectivity index (χ4v) is 8.81. The van der Waals surface area contributed by atoms with Crippen LogP contribution in [0.2, 0.25) is 0 Å². The van der Waals surface area contributed by atoms with E-state index in [1.807, 2.05) is 6.92 Å². The van der Waals surface area contributed by atoms with E-state index in [1.165, 1.54) is 6.07 Å². The maximum atomic E-state index is 14.2. The fraction of sp³-hybridized carbons (Fsp3) is 0.667. The molecule has 0 saturated heterocycles. The number of phenolic OH excluding ortho intramolecular Hbond substituents is 1. The molecule has 1 aromatic carbocycles. The van der Waals surface area contributed by atoms with Crippen molar-refractivity contribution in [3.8, 4) is 5.75 Å². The Morgan fingerprint density at radius 2 is 1.67 bits per heavy atom. The van der Waals surface area contributed by atoms with Crippen LogP contribution in [0.25, 0.3) is 0 Å². The van der Waals surface area contributed by atoms with Crippen molar-refractivity contribution in [2.45, 2.75) is 78.6 Å². The highest BCUT2D eigenvalue weighted by Crippen LogP contribution is 2.71. The molecule has 6 N–H and O–H groups in total. The molecule has 2 fully saturated rings. The van der Waals surface area contributed by atoms with Gasteiger partial charge in [-0.1, -0.05) is 60.6 Å². The summed E-state index contributed by atoms with van der Waals surface area (Å²) in [6, 6.07) is 4.70. The van der Waals surface area contributed by atoms with Crippen molar-refractivity contribution in [3.05, 3.63) is 29.3 Å². The predicted molar refractivity (Wildman–Crippen MR) is 141 cm³/mol. The van der Waals surface area contributed by atoms with Crippen LogP contribution in [-0.2, 0) is 14.4 Å². The topological polar surface area (TPSA) is 175 Å². The summed E-state index contributed by atoms with van der Waals surface area (Å²) in [6.07, 6.45) is -3.70. The molecule has 0 radical (unpaired) electrons. The number of hydrogen-bond donors (Lipinski definition) is 5. The second-order valence-electron chi connectivity index (χ2n) is 13.0. The van der Waals surface area contributed by atoms with E-state index in [0.29, 0.717) is 5.56 Å². The van der Waals surface area contributed by atoms with Crippen molar-refractivity contribution in [1.29, 1.82) is 0 Å². The van der Waals surface area contributed by atoms with Crippen LogP contribution in [0.1, 0.15) is 76.7 Å². The number of hydrogen-bond acceptors (Lipinski definition) is 8. The summed E-state index contributed by atoms with van der Waals surface area (Å²) in [5.41, 5.74) is 0.591. The van der Waals surface area contributed by atoms with Crippen molar-refractivity contribution < 1.29 is 39.6 Å². The monoisotopic (exact) mass is 543 g/mol. The van der Waals surface area contributed by atoms with E-state index in [-0.39, 0.29) is 23.5 Å². The minimum atomic E-state index is -2.69. The van der Waals surface area contributed by atoms with Crippen LogP contribution < -0.4 is 5.73 Å². The lowest BCUT2D eigenvalue weighted by Crippen LogP contribution is -2.82. The molecule has 3 aliphatic carbocycles. The largest absolute Gasteiger partial charge is 0.507 e. The molecule has 0 spiro atoms. The first-order valence-electron chi connectivity index (χ1n) is 13.7. The van der Waals surface area contributed by atoms with Crippen molar-refractivity contribution in [2.75, 3.05) is 0 Å². The molecule has 0 aromatic heterocycles. The highest BCUT2D eigenvalue weighted by Gasteiger charge is 2.80. The number of aromatic hydroxyl groups is 1. The number of nitrogens with two attached hydrogens (primary N) is 1. The zero-order valence-electron chi connectivity index (χ0n) is 23.6. The Morgan fingerprint density at radius 1 is 1.08 bits per heavy atom. The van der Waals surface area contributed by atoms with Crippen LogP contribution in [-0.4, -0.2) is 61.5 Å². The number of rotatable bonds is 5. The Morgan fingerprint density at radius 3 is 2.18 bits per heavy atom. The number of benzene rings is 1. The SMILES string of the molecule is CC(C)C(=O)C[C@@H]1[C@@]2(C)[C@H](C)c3cccc(O)c3C(=O)[C@@H]2C(O)[C@@]2(O)C(=O)[C@H](C(N)=O)C(O)[C@H](C(C)C)[C@@]12C. The van der Waals surface area contributed by atoms with Crippen LogP contribution >= 0.6 is 0 Å². The van der Waals surface area contributed by atoms with Gasteiger partial charge in [0.15, 0.2) is 17.2 Å². The van der Waals surface area contributed by atoms with Gasteiger partial charge in [0.05, 0.1) is 17.6 Å². The summed E-state index contributed by atoms with van der Waals surface area (Å²) in [7, 11) is 0. The number of amides is 1. The molecule has 0 bridgehead atoms. The van der Waals surface area contributed by atoms with Crippen LogP contribution in [0.4, 0.5) is 0 Å². The number of carbonyl (C=O) groups excluding carboxylic acids is 4. The number of phenols is 1. The minimum Gasteiger partial charge on any atom is -0.507 e. The number of aliphatic hydroxyl groups excluding tert-OH is 2. The fourth-order valence-electron chi connectivity index (χ4n) is 8.81. The number of ketones is 3. The van der Waals surface area contributed by atoms with Gasteiger partial charge in [-0.05, 0) is 40.7 Å². The summed E-state index contributed by atoms with van der Waals surface area (Å²) in [4.78, 5) is 54.1. The number of Topliss-reactive ketones (excluding diaryl/α,β-unsaturated/α-hetero) is 3. The molecule has 2 unspecified atom stereocenters. The molecule has 39 heavy (non-hydrogen) atoms. The van der Waals surface area contributed by atoms with Gasteiger partial charge in [0.2, 0.25) is 5.91 Å². The van der Waals surface area contributed by atoms with E-state index >= 15 is 0 Å². The lowest BCUT2D eigenvalue weighted by molar-refractivity contribution is -0.292. The standard InChI is InChI=1S/C30H41NO8/c1-12(2)17(33)11-18-28(6)14(5)15-9-8-10-16(32)19(15)23(34)22(28)26(37)30(39)25(36)20(27(31)38)24(35)21(13(3)4)29(18,30)7/h8-10,12-14,18,20-22,24,26,32,35,37,39H,11H2,1-7H3,(H2,31,38)/t14-,18-,20-,21+,22-,24?,26?,28-,29-,30+/m1/s1. The summed E-state index contributed by atoms with van der Waals surface area (Å²) in [5.74, 6) is -9.74. The highest BCUT2D eigenvalue weighted by molar-refractivity contribution is 6.09. The molecule has 0 heterocycles. The normalized spacial score (nSPS) is 41.7. The summed E-state index contributed by atoms with van der Waals surface area (Å²) in [6.45, 7) is 12.3. The van der Waals surface area contributed by atoms with Crippen LogP contribution in [0, 0.1) is 46.3 Å². The quantitative estimate of drug-likeness (QED) is 0.350. The smallest absolute Gasteiger partial charge is 0.230 e. The molecule has 3 aliphatic rings. The second kappa shape index (κ2) is 9.21. The average molecular weight is 544 g/mol. The number of primary amides is 1. The zero-order valence-corrected chi connectivity index (χ0v) is 23.6. The molecular formula is C30H41NO8. The van der Waals surface area contributed by atoms with Crippen LogP contribution in [0.15, 0.2) is 18.2 Å². The first-order chi connectivity index (χ1) is 17.9. The first-order valence-corrected chi connectivity index (χ1v) is 13.7. The van der Waals surface area contributed by atoms with Gasteiger partial charge >= 0.3 is 0 Å². The molecule has 9 nitrogen and oxygen atoms in total. The highest BCUT2D eigenvalue weighted by atomic mass is 16.4. The number of aliphatic hydroxyl groups is 3. The van der Waals surface area contributed by atoms with E-state index in [4.69, 9.17) is 5.73 Å². The third-order valence-electron chi connectivity index (χ3n) is 10.8. The minimum absolute atomic E-state index is 0.00261. The van der Waals surface area contributed by atoms with E-state index in [1.54, 1.807) is 53.7 Å². The maximum Gasteiger partial charge on any atom is 0.230 e. The maximum absolute atomic E-state index is 14.2. The summed E-state index contributed by atoms with van der Waals surface area (Å²) in [5, 5.41) is 46.7. The molecule has 4 rings (SSSR count). The Hall–Kier alpha value is -2.62. The van der Waals surface area contributed by atoms with Gasteiger partial charge in [-0.15, -0.1) is 0 Å². The summed E-state index contributed by atoms with van der Waals surface area (Å²) >= 11 is 0. The van der Waals surface area contributed by atoms with Gasteiger partial charge in [-0.2, -0.15) is 0 Å². The molecular weight excluding hydrogens is 502 g/mol. The van der Waals surface area contributed by atoms with Crippen molar-refractivity contribution in [2.24, 2.45) is 52.1 Å². The third-order valence-corrected chi connectivity index (χ3v) is 10.8. The predicted octanol–water partition coefficient (Wildman–Crippen LogP) is 1.98. The summed E-state index contributed by atoms with van der Waals surface area (Å²) < 4.78 is 0. The van der Waals surface area contributed by atoms with Gasteiger partial charge in [-0.3, -0.25) is 19.2 Å². The Kier molecular flexibility index (Phi) is 6.94. The van der Waals surface area contributed by atoms with Crippen molar-refractivity contribution >= 4 is 23.3 Å². The van der Waals surface area contributed by atoms with Gasteiger partial charge in [0, 0.05) is 17.8 Å². The van der Waals surface area contributed by atoms with Crippen molar-refractivity contribution in [3.63, 3.8) is 0 Å². The lowest BCUT2D eigenvalue weighted by atomic mass is 9.33. The Bertz CT molecular complexity index is 1240. The molecule has 10 atom stereocenters. The van der Waals surface area contributed by atoms with Gasteiger partial charge in [-0.25, -0.2) is 0 Å². The molecule has 0 aliphatic heterocycles. The first kappa shape index (κ1) is 29.4. The van der Waals surface area contributed by atoms with E-state index in [9.17, 15) is 39.6 Å². The molecule has 1 aromatic rings. The van der Waals surface area contributed by atoms with Crippen LogP contribution in [0.5, 0.6) is 5.75 Å². The van der Waals surface area contributed by atoms with Gasteiger partial charge in [0.25, 0.3) is 0 Å². The molecule has 9 heteroatoms. The number of carbonyl (C=O) groups is 4. The van der Waals surface area contributed by atoms with Gasteiger partial charge < -0.3 is 26.2 Å². The number of fused-ring (bicyclic) bond motifs is 3. The van der Waals surface area contributed by atoms with Crippen LogP contribution in [0.3, 0.4) is 0 Å². The molecule has 1 amide bonds. The van der Waals surface area contributed by atoms with Crippen molar-refractivity contribution in [1.82, 2.24) is 0 Å². The van der Waals surface area contributed by atoms with E-state index in [0.717, 1.165) is 0 Å². The second-order valence-corrected chi connectivity index (χ2v) is 13.0. The average Bonchev–Trinajstić information content (AvgIpc) is 2.82. The van der Waals surface area contributed by atoms with E-state index in [2.05, 4.69) is 0 Å². The third kappa shape index (κ3) is 3.48.